The molecule has 2 aromatic heterocycles. The van der Waals surface area contributed by atoms with Crippen LogP contribution in [0, 0.1) is 6.92 Å². The minimum absolute atomic E-state index is 0.136. The maximum atomic E-state index is 12.3. The molecule has 3 rings (SSSR count). The zero-order valence-corrected chi connectivity index (χ0v) is 13.5. The molecule has 2 aromatic rings. The molecule has 1 fully saturated rings. The van der Waals surface area contributed by atoms with Crippen LogP contribution in [0.5, 0.6) is 0 Å². The van der Waals surface area contributed by atoms with Crippen molar-refractivity contribution in [2.24, 2.45) is 0 Å². The summed E-state index contributed by atoms with van der Waals surface area (Å²) in [6.45, 7) is 4.59. The number of thiazole rings is 1. The van der Waals surface area contributed by atoms with E-state index in [0.29, 0.717) is 17.2 Å². The average molecular weight is 322 g/mol. The first kappa shape index (κ1) is 14.3. The molecule has 21 heavy (non-hydrogen) atoms. The molecule has 1 aliphatic rings. The van der Waals surface area contributed by atoms with Gasteiger partial charge in [-0.3, -0.25) is 4.79 Å². The Morgan fingerprint density at radius 2 is 2.24 bits per heavy atom. The number of carbonyl (C=O) groups excluding carboxylic acids is 1. The zero-order valence-electron chi connectivity index (χ0n) is 11.9. The Morgan fingerprint density at radius 3 is 2.90 bits per heavy atom. The largest absolute Gasteiger partial charge is 0.382 e. The van der Waals surface area contributed by atoms with Crippen molar-refractivity contribution in [3.05, 3.63) is 26.8 Å². The van der Waals surface area contributed by atoms with E-state index < -0.39 is 0 Å². The van der Waals surface area contributed by atoms with Crippen LogP contribution in [0.25, 0.3) is 0 Å². The number of hydrogen-bond acceptors (Lipinski definition) is 6. The first-order valence-corrected chi connectivity index (χ1v) is 8.67. The van der Waals surface area contributed by atoms with E-state index in [1.54, 1.807) is 11.3 Å². The molecule has 0 spiro atoms. The number of nitrogens with two attached hydrogens (primary N) is 1. The molecule has 112 valence electrons. The van der Waals surface area contributed by atoms with Gasteiger partial charge in [0.1, 0.15) is 10.7 Å². The number of amides is 1. The van der Waals surface area contributed by atoms with Crippen LogP contribution >= 0.6 is 22.7 Å². The predicted octanol–water partition coefficient (Wildman–Crippen LogP) is 2.63. The molecule has 0 aliphatic carbocycles. The molecule has 0 atom stereocenters. The standard InChI is InChI=1S/C14H18N4OS2/c1-9-4-7-20-10(9)8-16-13(19)11-12(15)17-14(21-11)18-5-2-3-6-18/h4,7H,2-3,5-6,8,15H2,1H3,(H,16,19). The molecule has 1 saturated heterocycles. The first-order valence-electron chi connectivity index (χ1n) is 6.97. The second kappa shape index (κ2) is 6.03. The summed E-state index contributed by atoms with van der Waals surface area (Å²) in [7, 11) is 0. The van der Waals surface area contributed by atoms with Gasteiger partial charge in [0.25, 0.3) is 5.91 Å². The number of aromatic nitrogens is 1. The topological polar surface area (TPSA) is 71.2 Å². The van der Waals surface area contributed by atoms with E-state index in [2.05, 4.69) is 21.3 Å². The zero-order chi connectivity index (χ0) is 14.8. The van der Waals surface area contributed by atoms with Crippen molar-refractivity contribution in [1.29, 1.82) is 0 Å². The van der Waals surface area contributed by atoms with Crippen molar-refractivity contribution >= 4 is 39.5 Å². The summed E-state index contributed by atoms with van der Waals surface area (Å²) in [6, 6.07) is 2.05. The van der Waals surface area contributed by atoms with Crippen LogP contribution in [0.4, 0.5) is 10.9 Å². The molecular weight excluding hydrogens is 304 g/mol. The van der Waals surface area contributed by atoms with E-state index in [-0.39, 0.29) is 5.91 Å². The summed E-state index contributed by atoms with van der Waals surface area (Å²) in [6.07, 6.45) is 2.36. The summed E-state index contributed by atoms with van der Waals surface area (Å²) in [5.41, 5.74) is 7.11. The van der Waals surface area contributed by atoms with Crippen LogP contribution in [-0.2, 0) is 6.54 Å². The van der Waals surface area contributed by atoms with Gasteiger partial charge in [0.2, 0.25) is 0 Å². The van der Waals surface area contributed by atoms with Gasteiger partial charge in [-0.1, -0.05) is 11.3 Å². The van der Waals surface area contributed by atoms with E-state index in [1.807, 2.05) is 12.3 Å². The highest BCUT2D eigenvalue weighted by Crippen LogP contribution is 2.30. The SMILES string of the molecule is Cc1ccsc1CNC(=O)c1sc(N2CCCC2)nc1N. The molecule has 0 aromatic carbocycles. The Balaban J connectivity index is 1.68. The van der Waals surface area contributed by atoms with Crippen LogP contribution in [0.1, 0.15) is 33.0 Å². The molecule has 7 heteroatoms. The number of hydrogen-bond donors (Lipinski definition) is 2. The molecule has 1 aliphatic heterocycles. The van der Waals surface area contributed by atoms with E-state index in [0.717, 1.165) is 18.2 Å². The van der Waals surface area contributed by atoms with Crippen LogP contribution in [-0.4, -0.2) is 24.0 Å². The minimum Gasteiger partial charge on any atom is -0.382 e. The maximum absolute atomic E-state index is 12.3. The van der Waals surface area contributed by atoms with Gasteiger partial charge >= 0.3 is 0 Å². The third-order valence-corrected chi connectivity index (χ3v) is 5.76. The quantitative estimate of drug-likeness (QED) is 0.908. The fourth-order valence-corrected chi connectivity index (χ4v) is 4.15. The number of nitrogen functional groups attached to an aromatic ring is 1. The van der Waals surface area contributed by atoms with Gasteiger partial charge in [-0.15, -0.1) is 11.3 Å². The lowest BCUT2D eigenvalue weighted by atomic mass is 10.3. The number of thiophene rings is 1. The van der Waals surface area contributed by atoms with Gasteiger partial charge < -0.3 is 16.0 Å². The van der Waals surface area contributed by atoms with Gasteiger partial charge in [0.05, 0.1) is 6.54 Å². The van der Waals surface area contributed by atoms with Crippen molar-refractivity contribution in [3.8, 4) is 0 Å². The van der Waals surface area contributed by atoms with Crippen LogP contribution in [0.3, 0.4) is 0 Å². The lowest BCUT2D eigenvalue weighted by Crippen LogP contribution is -2.22. The van der Waals surface area contributed by atoms with Crippen molar-refractivity contribution in [2.75, 3.05) is 23.7 Å². The summed E-state index contributed by atoms with van der Waals surface area (Å²) >= 11 is 3.04. The summed E-state index contributed by atoms with van der Waals surface area (Å²) in [4.78, 5) is 20.5. The maximum Gasteiger partial charge on any atom is 0.265 e. The first-order chi connectivity index (χ1) is 10.1. The number of nitrogens with zero attached hydrogens (tertiary/aromatic N) is 2. The lowest BCUT2D eigenvalue weighted by molar-refractivity contribution is 0.0956. The van der Waals surface area contributed by atoms with Gasteiger partial charge in [-0.2, -0.15) is 0 Å². The van der Waals surface area contributed by atoms with Gasteiger partial charge in [0.15, 0.2) is 5.13 Å². The minimum atomic E-state index is -0.136. The third kappa shape index (κ3) is 3.03. The summed E-state index contributed by atoms with van der Waals surface area (Å²) < 4.78 is 0. The van der Waals surface area contributed by atoms with Crippen molar-refractivity contribution in [3.63, 3.8) is 0 Å². The number of rotatable bonds is 4. The lowest BCUT2D eigenvalue weighted by Gasteiger charge is -2.11. The molecule has 3 heterocycles. The number of anilines is 2. The fourth-order valence-electron chi connectivity index (χ4n) is 2.35. The molecule has 0 bridgehead atoms. The predicted molar refractivity (Wildman–Crippen MR) is 88.2 cm³/mol. The Hall–Kier alpha value is -1.60. The van der Waals surface area contributed by atoms with E-state index in [4.69, 9.17) is 5.73 Å². The second-order valence-corrected chi connectivity index (χ2v) is 7.09. The Bertz CT molecular complexity index is 643. The monoisotopic (exact) mass is 322 g/mol. The number of aryl methyl sites for hydroxylation is 1. The molecule has 3 N–H and O–H groups in total. The highest BCUT2D eigenvalue weighted by molar-refractivity contribution is 7.18. The molecule has 1 amide bonds. The average Bonchev–Trinajstić information content (AvgIpc) is 3.16. The number of nitrogens with one attached hydrogen (secondary N) is 1. The molecule has 0 radical (unpaired) electrons. The van der Waals surface area contributed by atoms with Crippen molar-refractivity contribution in [1.82, 2.24) is 10.3 Å². The summed E-state index contributed by atoms with van der Waals surface area (Å²) in [5.74, 6) is 0.200. The van der Waals surface area contributed by atoms with E-state index >= 15 is 0 Å². The highest BCUT2D eigenvalue weighted by Gasteiger charge is 2.21. The normalized spacial score (nSPS) is 14.6. The van der Waals surface area contributed by atoms with E-state index in [1.165, 1.54) is 34.6 Å². The van der Waals surface area contributed by atoms with E-state index in [9.17, 15) is 4.79 Å². The Morgan fingerprint density at radius 1 is 1.48 bits per heavy atom. The van der Waals surface area contributed by atoms with Gasteiger partial charge in [0, 0.05) is 18.0 Å². The Kier molecular flexibility index (Phi) is 4.12. The Labute approximate surface area is 131 Å². The van der Waals surface area contributed by atoms with Crippen LogP contribution in [0.2, 0.25) is 0 Å². The molecule has 5 nitrogen and oxygen atoms in total. The smallest absolute Gasteiger partial charge is 0.265 e. The van der Waals surface area contributed by atoms with Crippen molar-refractivity contribution in [2.45, 2.75) is 26.3 Å². The van der Waals surface area contributed by atoms with Gasteiger partial charge in [-0.25, -0.2) is 4.98 Å². The summed E-state index contributed by atoms with van der Waals surface area (Å²) in [5, 5.41) is 5.82. The fraction of sp³-hybridized carbons (Fsp3) is 0.429. The number of carbonyl (C=O) groups is 1. The molecule has 0 saturated carbocycles. The van der Waals surface area contributed by atoms with Crippen LogP contribution in [0.15, 0.2) is 11.4 Å². The second-order valence-electron chi connectivity index (χ2n) is 5.11. The third-order valence-electron chi connectivity index (χ3n) is 3.60. The van der Waals surface area contributed by atoms with Gasteiger partial charge in [-0.05, 0) is 36.8 Å². The van der Waals surface area contributed by atoms with Crippen molar-refractivity contribution < 1.29 is 4.79 Å². The highest BCUT2D eigenvalue weighted by atomic mass is 32.1. The molecule has 0 unspecified atom stereocenters. The van der Waals surface area contributed by atoms with Crippen LogP contribution < -0.4 is 16.0 Å². The molecular formula is C14H18N4OS2.